The first-order chi connectivity index (χ1) is 9.74. The zero-order chi connectivity index (χ0) is 16.2. The summed E-state index contributed by atoms with van der Waals surface area (Å²) in [6.07, 6.45) is 1.87. The van der Waals surface area contributed by atoms with E-state index in [1.807, 2.05) is 13.8 Å². The highest BCUT2D eigenvalue weighted by molar-refractivity contribution is 9.09. The number of sulfonamides is 1. The minimum Gasteiger partial charge on any atom is -0.210 e. The topological polar surface area (TPSA) is 46.2 Å². The Morgan fingerprint density at radius 1 is 1.29 bits per heavy atom. The van der Waals surface area contributed by atoms with Gasteiger partial charge in [0.2, 0.25) is 10.0 Å². The van der Waals surface area contributed by atoms with E-state index in [0.717, 1.165) is 12.8 Å². The summed E-state index contributed by atoms with van der Waals surface area (Å²) in [5.74, 6) is -0.582. The molecule has 1 atom stereocenters. The van der Waals surface area contributed by atoms with Crippen LogP contribution >= 0.6 is 39.1 Å². The van der Waals surface area contributed by atoms with Gasteiger partial charge in [-0.15, -0.1) is 0 Å². The van der Waals surface area contributed by atoms with Crippen LogP contribution < -0.4 is 4.72 Å². The highest BCUT2D eigenvalue weighted by Gasteiger charge is 2.24. The van der Waals surface area contributed by atoms with E-state index in [9.17, 15) is 12.8 Å². The van der Waals surface area contributed by atoms with Crippen LogP contribution in [-0.4, -0.2) is 19.8 Å². The van der Waals surface area contributed by atoms with Crippen LogP contribution in [0.15, 0.2) is 17.0 Å². The van der Waals surface area contributed by atoms with Crippen LogP contribution in [0.4, 0.5) is 4.39 Å². The molecule has 0 saturated heterocycles. The molecule has 0 aromatic heterocycles. The van der Waals surface area contributed by atoms with Gasteiger partial charge < -0.3 is 0 Å². The second kappa shape index (κ2) is 8.11. The van der Waals surface area contributed by atoms with Gasteiger partial charge in [-0.05, 0) is 18.1 Å². The molecule has 3 nitrogen and oxygen atoms in total. The van der Waals surface area contributed by atoms with Gasteiger partial charge in [0.25, 0.3) is 0 Å². The van der Waals surface area contributed by atoms with E-state index in [1.165, 1.54) is 12.1 Å². The lowest BCUT2D eigenvalue weighted by atomic mass is 10.00. The molecule has 0 aliphatic carbocycles. The second-order valence-electron chi connectivity index (χ2n) is 4.62. The summed E-state index contributed by atoms with van der Waals surface area (Å²) in [5.41, 5.74) is 0. The smallest absolute Gasteiger partial charge is 0.210 e. The Labute approximate surface area is 143 Å². The van der Waals surface area contributed by atoms with Gasteiger partial charge in [0.05, 0.1) is 10.0 Å². The lowest BCUT2D eigenvalue weighted by Crippen LogP contribution is -2.33. The Hall–Kier alpha value is 0.120. The average molecular weight is 421 g/mol. The molecule has 1 unspecified atom stereocenters. The molecule has 8 heteroatoms. The van der Waals surface area contributed by atoms with Crippen molar-refractivity contribution in [3.63, 3.8) is 0 Å². The van der Waals surface area contributed by atoms with E-state index in [-0.39, 0.29) is 21.3 Å². The Balaban J connectivity index is 2.91. The van der Waals surface area contributed by atoms with Crippen molar-refractivity contribution >= 4 is 49.2 Å². The van der Waals surface area contributed by atoms with Crippen LogP contribution in [0.5, 0.6) is 0 Å². The fourth-order valence-electron chi connectivity index (χ4n) is 1.95. The monoisotopic (exact) mass is 419 g/mol. The van der Waals surface area contributed by atoms with Gasteiger partial charge in [-0.1, -0.05) is 65.8 Å². The molecule has 0 aliphatic heterocycles. The van der Waals surface area contributed by atoms with Crippen molar-refractivity contribution in [3.05, 3.63) is 28.0 Å². The normalized spacial score (nSPS) is 13.7. The Kier molecular flexibility index (Phi) is 7.40. The summed E-state index contributed by atoms with van der Waals surface area (Å²) in [7, 11) is -3.89. The fourth-order valence-corrected chi connectivity index (χ4v) is 4.88. The second-order valence-corrected chi connectivity index (χ2v) is 8.31. The minimum atomic E-state index is -3.89. The Morgan fingerprint density at radius 3 is 2.38 bits per heavy atom. The van der Waals surface area contributed by atoms with Gasteiger partial charge in [0.15, 0.2) is 5.82 Å². The zero-order valence-electron chi connectivity index (χ0n) is 11.7. The van der Waals surface area contributed by atoms with E-state index in [1.54, 1.807) is 0 Å². The van der Waals surface area contributed by atoms with Crippen molar-refractivity contribution in [1.82, 2.24) is 4.72 Å². The lowest BCUT2D eigenvalue weighted by Gasteiger charge is -2.20. The van der Waals surface area contributed by atoms with E-state index in [4.69, 9.17) is 23.2 Å². The quantitative estimate of drug-likeness (QED) is 0.517. The van der Waals surface area contributed by atoms with Crippen molar-refractivity contribution < 1.29 is 12.8 Å². The van der Waals surface area contributed by atoms with Gasteiger partial charge in [0.1, 0.15) is 4.90 Å². The maximum Gasteiger partial charge on any atom is 0.242 e. The zero-order valence-corrected chi connectivity index (χ0v) is 15.6. The Morgan fingerprint density at radius 2 is 1.86 bits per heavy atom. The molecule has 0 bridgehead atoms. The minimum absolute atomic E-state index is 0.00167. The molecular weight excluding hydrogens is 404 g/mol. The van der Waals surface area contributed by atoms with Crippen molar-refractivity contribution in [2.24, 2.45) is 5.92 Å². The predicted octanol–water partition coefficient (Wildman–Crippen LogP) is 4.61. The molecule has 1 aromatic rings. The number of hydrogen-bond acceptors (Lipinski definition) is 2. The van der Waals surface area contributed by atoms with Gasteiger partial charge in [-0.2, -0.15) is 0 Å². The Bertz CT molecular complexity index is 594. The summed E-state index contributed by atoms with van der Waals surface area (Å²) in [6, 6.07) is 2.36. The van der Waals surface area contributed by atoms with Crippen molar-refractivity contribution in [2.45, 2.75) is 36.4 Å². The van der Waals surface area contributed by atoms with Crippen LogP contribution in [0.2, 0.25) is 10.0 Å². The largest absolute Gasteiger partial charge is 0.242 e. The first kappa shape index (κ1) is 19.2. The molecule has 0 amide bonds. The number of alkyl halides is 1. The highest BCUT2D eigenvalue weighted by atomic mass is 79.9. The SMILES string of the molecule is CCC(CC)C(Br)CNS(=O)(=O)c1ccc(Cl)c(F)c1Cl. The highest BCUT2D eigenvalue weighted by Crippen LogP contribution is 2.29. The third-order valence-corrected chi connectivity index (χ3v) is 6.63. The standard InChI is InChI=1S/C13H17BrCl2FNO2S/c1-3-8(4-2)9(14)7-18-21(19,20)11-6-5-10(15)13(17)12(11)16/h5-6,8-9,18H,3-4,7H2,1-2H3. The van der Waals surface area contributed by atoms with E-state index >= 15 is 0 Å². The van der Waals surface area contributed by atoms with Gasteiger partial charge in [0, 0.05) is 11.4 Å². The summed E-state index contributed by atoms with van der Waals surface area (Å²) >= 11 is 14.8. The third-order valence-electron chi connectivity index (χ3n) is 3.32. The van der Waals surface area contributed by atoms with E-state index in [0.29, 0.717) is 5.92 Å². The number of benzene rings is 1. The van der Waals surface area contributed by atoms with Crippen LogP contribution in [0.25, 0.3) is 0 Å². The number of halogens is 4. The maximum atomic E-state index is 13.6. The molecule has 0 heterocycles. The average Bonchev–Trinajstić information content (AvgIpc) is 2.44. The first-order valence-electron chi connectivity index (χ1n) is 6.51. The van der Waals surface area contributed by atoms with Crippen LogP contribution in [-0.2, 0) is 10.0 Å². The predicted molar refractivity (Wildman–Crippen MR) is 88.4 cm³/mol. The molecule has 0 radical (unpaired) electrons. The molecule has 1 rings (SSSR count). The summed E-state index contributed by atoms with van der Waals surface area (Å²) in [4.78, 5) is -0.312. The van der Waals surface area contributed by atoms with Crippen molar-refractivity contribution in [2.75, 3.05) is 6.54 Å². The third kappa shape index (κ3) is 4.79. The van der Waals surface area contributed by atoms with Gasteiger partial charge >= 0.3 is 0 Å². The number of nitrogens with one attached hydrogen (secondary N) is 1. The molecule has 0 saturated carbocycles. The summed E-state index contributed by atoms with van der Waals surface area (Å²) < 4.78 is 40.4. The van der Waals surface area contributed by atoms with Crippen LogP contribution in [0.3, 0.4) is 0 Å². The van der Waals surface area contributed by atoms with Crippen molar-refractivity contribution in [1.29, 1.82) is 0 Å². The van der Waals surface area contributed by atoms with Crippen LogP contribution in [0, 0.1) is 11.7 Å². The summed E-state index contributed by atoms with van der Waals surface area (Å²) in [5, 5.41) is -0.710. The maximum absolute atomic E-state index is 13.6. The first-order valence-corrected chi connectivity index (χ1v) is 9.67. The van der Waals surface area contributed by atoms with Gasteiger partial charge in [-0.25, -0.2) is 17.5 Å². The molecule has 0 fully saturated rings. The van der Waals surface area contributed by atoms with Gasteiger partial charge in [-0.3, -0.25) is 0 Å². The van der Waals surface area contributed by atoms with Crippen molar-refractivity contribution in [3.8, 4) is 0 Å². The molecule has 21 heavy (non-hydrogen) atoms. The fraction of sp³-hybridized carbons (Fsp3) is 0.538. The molecule has 0 spiro atoms. The summed E-state index contributed by atoms with van der Waals surface area (Å²) in [6.45, 7) is 4.29. The number of rotatable bonds is 7. The van der Waals surface area contributed by atoms with E-state index < -0.39 is 20.9 Å². The molecule has 120 valence electrons. The number of hydrogen-bond donors (Lipinski definition) is 1. The molecule has 1 N–H and O–H groups in total. The molecule has 1 aromatic carbocycles. The molecular formula is C13H17BrCl2FNO2S. The van der Waals surface area contributed by atoms with Crippen LogP contribution in [0.1, 0.15) is 26.7 Å². The molecule has 0 aliphatic rings. The lowest BCUT2D eigenvalue weighted by molar-refractivity contribution is 0.471. The van der Waals surface area contributed by atoms with E-state index in [2.05, 4.69) is 20.7 Å².